The Morgan fingerprint density at radius 1 is 1.37 bits per heavy atom. The monoisotopic (exact) mass is 475 g/mol. The van der Waals surface area contributed by atoms with Gasteiger partial charge in [0.1, 0.15) is 5.69 Å². The Kier molecular flexibility index (Phi) is 5.64. The van der Waals surface area contributed by atoms with Crippen molar-refractivity contribution in [3.05, 3.63) is 40.6 Å². The molecule has 30 heavy (non-hydrogen) atoms. The number of hydrogen-bond donors (Lipinski definition) is 0. The van der Waals surface area contributed by atoms with Crippen LogP contribution in [0.15, 0.2) is 34.1 Å². The molecule has 0 saturated carbocycles. The van der Waals surface area contributed by atoms with E-state index < -0.39 is 22.3 Å². The zero-order valence-corrected chi connectivity index (χ0v) is 18.0. The Bertz CT molecular complexity index is 1150. The molecule has 8 nitrogen and oxygen atoms in total. The third-order valence-electron chi connectivity index (χ3n) is 4.53. The van der Waals surface area contributed by atoms with E-state index in [0.717, 1.165) is 0 Å². The number of aromatic nitrogens is 3. The van der Waals surface area contributed by atoms with Crippen molar-refractivity contribution in [3.63, 3.8) is 0 Å². The van der Waals surface area contributed by atoms with Crippen LogP contribution in [0.4, 0.5) is 19.6 Å². The molecular weight excluding hydrogens is 460 g/mol. The van der Waals surface area contributed by atoms with Gasteiger partial charge in [-0.25, -0.2) is 13.4 Å². The predicted molar refractivity (Wildman–Crippen MR) is 110 cm³/mol. The largest absolute Gasteiger partial charge is 0.414 e. The van der Waals surface area contributed by atoms with Crippen LogP contribution in [0, 0.1) is 0 Å². The van der Waals surface area contributed by atoms with E-state index in [-0.39, 0.29) is 17.7 Å². The van der Waals surface area contributed by atoms with E-state index in [0.29, 0.717) is 34.6 Å². The quantitative estimate of drug-likeness (QED) is 0.512. The molecule has 13 heteroatoms. The number of rotatable bonds is 7. The van der Waals surface area contributed by atoms with Crippen molar-refractivity contribution in [1.82, 2.24) is 15.2 Å². The van der Waals surface area contributed by atoms with E-state index in [1.54, 1.807) is 36.6 Å². The molecule has 0 unspecified atom stereocenters. The summed E-state index contributed by atoms with van der Waals surface area (Å²) in [4.78, 5) is 6.25. The fourth-order valence-corrected chi connectivity index (χ4v) is 5.35. The minimum Gasteiger partial charge on any atom is -0.414 e. The van der Waals surface area contributed by atoms with Crippen LogP contribution < -0.4 is 9.21 Å². The van der Waals surface area contributed by atoms with E-state index in [4.69, 9.17) is 16.0 Å². The summed E-state index contributed by atoms with van der Waals surface area (Å²) in [6.45, 7) is 2.43. The zero-order valence-electron chi connectivity index (χ0n) is 15.6. The summed E-state index contributed by atoms with van der Waals surface area (Å²) in [5.74, 6) is -0.884. The lowest BCUT2D eigenvalue weighted by Gasteiger charge is -2.45. The van der Waals surface area contributed by atoms with Gasteiger partial charge in [0.05, 0.1) is 17.5 Å². The normalized spacial score (nSPS) is 14.9. The average Bonchev–Trinajstić information content (AvgIpc) is 3.33. The average molecular weight is 476 g/mol. The third-order valence-corrected chi connectivity index (χ3v) is 7.50. The molecule has 160 valence electrons. The first-order valence-corrected chi connectivity index (χ1v) is 11.7. The lowest BCUT2D eigenvalue weighted by molar-refractivity contribution is 0.116. The van der Waals surface area contributed by atoms with E-state index in [1.807, 2.05) is 4.90 Å². The second-order valence-electron chi connectivity index (χ2n) is 6.50. The van der Waals surface area contributed by atoms with Crippen molar-refractivity contribution in [2.24, 2.45) is 0 Å². The Morgan fingerprint density at radius 2 is 2.13 bits per heavy atom. The topological polar surface area (TPSA) is 92.4 Å². The summed E-state index contributed by atoms with van der Waals surface area (Å²) >= 11 is 7.33. The zero-order chi connectivity index (χ0) is 21.5. The Labute approximate surface area is 180 Å². The van der Waals surface area contributed by atoms with E-state index in [9.17, 15) is 17.2 Å². The number of sulfonamides is 1. The van der Waals surface area contributed by atoms with Crippen molar-refractivity contribution < 1.29 is 21.6 Å². The van der Waals surface area contributed by atoms with Crippen LogP contribution >= 0.6 is 22.9 Å². The molecule has 3 aromatic rings. The maximum atomic E-state index is 12.7. The molecule has 0 bridgehead atoms. The van der Waals surface area contributed by atoms with Gasteiger partial charge < -0.3 is 9.32 Å². The lowest BCUT2D eigenvalue weighted by Crippen LogP contribution is -2.61. The number of anilines is 2. The standard InChI is InChI=1S/C17H16ClF2N5O3S2/c1-2-30(26,27)25(11-5-3-4-10(18)6-11)12-7-24(8-12)17-21-13(9-29-17)15-22-23-16(28-15)14(19)20/h3-6,9,12,14H,2,7-8H2,1H3. The maximum Gasteiger partial charge on any atom is 0.314 e. The van der Waals surface area contributed by atoms with E-state index in [2.05, 4.69) is 15.2 Å². The minimum absolute atomic E-state index is 0.0406. The van der Waals surface area contributed by atoms with Gasteiger partial charge in [-0.05, 0) is 25.1 Å². The van der Waals surface area contributed by atoms with Crippen LogP contribution in [0.1, 0.15) is 19.2 Å². The molecule has 0 aliphatic carbocycles. The Balaban J connectivity index is 1.51. The molecule has 1 saturated heterocycles. The van der Waals surface area contributed by atoms with Gasteiger partial charge in [-0.3, -0.25) is 4.31 Å². The van der Waals surface area contributed by atoms with Crippen LogP contribution in [0.3, 0.4) is 0 Å². The number of benzene rings is 1. The second kappa shape index (κ2) is 8.08. The molecule has 0 spiro atoms. The molecule has 1 aliphatic heterocycles. The highest BCUT2D eigenvalue weighted by Gasteiger charge is 2.39. The molecule has 3 heterocycles. The second-order valence-corrected chi connectivity index (χ2v) is 9.90. The summed E-state index contributed by atoms with van der Waals surface area (Å²) in [5, 5.41) is 9.57. The fourth-order valence-electron chi connectivity index (χ4n) is 3.04. The van der Waals surface area contributed by atoms with Gasteiger partial charge in [-0.15, -0.1) is 21.5 Å². The number of thiazole rings is 1. The highest BCUT2D eigenvalue weighted by Crippen LogP contribution is 2.34. The van der Waals surface area contributed by atoms with E-state index >= 15 is 0 Å². The third kappa shape index (κ3) is 3.98. The molecule has 1 aromatic carbocycles. The molecule has 1 aliphatic rings. The summed E-state index contributed by atoms with van der Waals surface area (Å²) in [6.07, 6.45) is -2.85. The van der Waals surface area contributed by atoms with Crippen molar-refractivity contribution in [2.45, 2.75) is 19.4 Å². The first kappa shape index (κ1) is 20.9. The highest BCUT2D eigenvalue weighted by atomic mass is 35.5. The molecule has 0 atom stereocenters. The summed E-state index contributed by atoms with van der Waals surface area (Å²) < 4.78 is 56.9. The summed E-state index contributed by atoms with van der Waals surface area (Å²) in [7, 11) is -3.51. The molecule has 2 aromatic heterocycles. The van der Waals surface area contributed by atoms with E-state index in [1.165, 1.54) is 15.6 Å². The fraction of sp³-hybridized carbons (Fsp3) is 0.353. The van der Waals surface area contributed by atoms with Crippen LogP contribution in [0.2, 0.25) is 5.02 Å². The van der Waals surface area contributed by atoms with Crippen molar-refractivity contribution in [2.75, 3.05) is 28.0 Å². The van der Waals surface area contributed by atoms with Crippen LogP contribution in [-0.2, 0) is 10.0 Å². The lowest BCUT2D eigenvalue weighted by atomic mass is 10.1. The number of nitrogens with zero attached hydrogens (tertiary/aromatic N) is 5. The van der Waals surface area contributed by atoms with Gasteiger partial charge in [-0.1, -0.05) is 17.7 Å². The summed E-state index contributed by atoms with van der Waals surface area (Å²) in [5.41, 5.74) is 0.810. The van der Waals surface area contributed by atoms with Crippen LogP contribution in [0.5, 0.6) is 0 Å². The van der Waals surface area contributed by atoms with Gasteiger partial charge in [0.25, 0.3) is 11.8 Å². The smallest absolute Gasteiger partial charge is 0.314 e. The first-order chi connectivity index (χ1) is 14.3. The predicted octanol–water partition coefficient (Wildman–Crippen LogP) is 3.83. The number of alkyl halides is 2. The SMILES string of the molecule is CCS(=O)(=O)N(c1cccc(Cl)c1)C1CN(c2nc(-c3nnc(C(F)F)o3)cs2)C1. The summed E-state index contributed by atoms with van der Waals surface area (Å²) in [6, 6.07) is 6.43. The van der Waals surface area contributed by atoms with Crippen molar-refractivity contribution in [3.8, 4) is 11.6 Å². The molecule has 1 fully saturated rings. The van der Waals surface area contributed by atoms with Crippen molar-refractivity contribution in [1.29, 1.82) is 0 Å². The van der Waals surface area contributed by atoms with Gasteiger partial charge in [-0.2, -0.15) is 8.78 Å². The molecule has 4 rings (SSSR count). The van der Waals surface area contributed by atoms with Crippen LogP contribution in [-0.4, -0.2) is 48.5 Å². The molecule has 0 radical (unpaired) electrons. The number of hydrogen-bond acceptors (Lipinski definition) is 8. The number of halogens is 3. The maximum absolute atomic E-state index is 12.7. The first-order valence-electron chi connectivity index (χ1n) is 8.88. The van der Waals surface area contributed by atoms with Crippen molar-refractivity contribution >= 4 is 43.8 Å². The molecule has 0 amide bonds. The van der Waals surface area contributed by atoms with Gasteiger partial charge in [0.2, 0.25) is 10.0 Å². The minimum atomic E-state index is -3.51. The molecule has 0 N–H and O–H groups in total. The highest BCUT2D eigenvalue weighted by molar-refractivity contribution is 7.92. The Hall–Kier alpha value is -2.31. The van der Waals surface area contributed by atoms with Gasteiger partial charge in [0.15, 0.2) is 5.13 Å². The van der Waals surface area contributed by atoms with Gasteiger partial charge >= 0.3 is 6.43 Å². The van der Waals surface area contributed by atoms with Gasteiger partial charge in [0, 0.05) is 23.5 Å². The Morgan fingerprint density at radius 3 is 2.77 bits per heavy atom. The molecular formula is C17H16ClF2N5O3S2. The van der Waals surface area contributed by atoms with Crippen LogP contribution in [0.25, 0.3) is 11.6 Å².